The van der Waals surface area contributed by atoms with E-state index >= 15 is 0 Å². The number of methoxy groups -OCH3 is 1. The zero-order valence-corrected chi connectivity index (χ0v) is 22.2. The van der Waals surface area contributed by atoms with Gasteiger partial charge in [-0.1, -0.05) is 29.8 Å². The van der Waals surface area contributed by atoms with Crippen LogP contribution < -0.4 is 24.2 Å². The van der Waals surface area contributed by atoms with Crippen molar-refractivity contribution >= 4 is 38.9 Å². The molecule has 0 saturated heterocycles. The first-order valence-electron chi connectivity index (χ1n) is 11.5. The summed E-state index contributed by atoms with van der Waals surface area (Å²) in [5.74, 6) is 1.57. The third kappa shape index (κ3) is 6.96. The molecule has 0 spiro atoms. The number of nitrogens with one attached hydrogen (secondary N) is 2. The highest BCUT2D eigenvalue weighted by Crippen LogP contribution is 2.32. The molecule has 0 unspecified atom stereocenters. The lowest BCUT2D eigenvalue weighted by atomic mass is 10.2. The van der Waals surface area contributed by atoms with Crippen LogP contribution in [0.2, 0.25) is 5.02 Å². The lowest BCUT2D eigenvalue weighted by Crippen LogP contribution is -2.21. The van der Waals surface area contributed by atoms with Crippen LogP contribution in [0.1, 0.15) is 5.56 Å². The van der Waals surface area contributed by atoms with Crippen LogP contribution in [-0.4, -0.2) is 28.0 Å². The van der Waals surface area contributed by atoms with Gasteiger partial charge >= 0.3 is 0 Å². The van der Waals surface area contributed by atoms with Gasteiger partial charge < -0.3 is 19.5 Å². The van der Waals surface area contributed by atoms with Crippen LogP contribution in [0, 0.1) is 6.92 Å². The van der Waals surface area contributed by atoms with Crippen LogP contribution >= 0.6 is 11.6 Å². The first-order valence-corrected chi connectivity index (χ1v) is 13.3. The number of benzene rings is 4. The summed E-state index contributed by atoms with van der Waals surface area (Å²) in [5.41, 5.74) is 1.33. The number of carbonyl (C=O) groups excluding carboxylic acids is 1. The van der Waals surface area contributed by atoms with Crippen molar-refractivity contribution in [2.45, 2.75) is 11.8 Å². The molecule has 0 aromatic heterocycles. The van der Waals surface area contributed by atoms with Crippen molar-refractivity contribution < 1.29 is 27.4 Å². The molecular weight excluding hydrogens is 528 g/mol. The van der Waals surface area contributed by atoms with E-state index in [1.54, 1.807) is 61.5 Å². The highest BCUT2D eigenvalue weighted by molar-refractivity contribution is 7.92. The fourth-order valence-corrected chi connectivity index (χ4v) is 4.77. The van der Waals surface area contributed by atoms with Gasteiger partial charge in [0.15, 0.2) is 12.4 Å². The van der Waals surface area contributed by atoms with E-state index in [4.69, 9.17) is 25.8 Å². The summed E-state index contributed by atoms with van der Waals surface area (Å²) in [4.78, 5) is 12.7. The Balaban J connectivity index is 1.40. The van der Waals surface area contributed by atoms with E-state index in [0.717, 1.165) is 0 Å². The smallest absolute Gasteiger partial charge is 0.262 e. The van der Waals surface area contributed by atoms with Gasteiger partial charge in [0.2, 0.25) is 0 Å². The number of amides is 1. The number of hydrogen-bond acceptors (Lipinski definition) is 6. The van der Waals surface area contributed by atoms with Crippen LogP contribution in [0.3, 0.4) is 0 Å². The van der Waals surface area contributed by atoms with E-state index in [0.29, 0.717) is 45.0 Å². The van der Waals surface area contributed by atoms with Gasteiger partial charge in [0.25, 0.3) is 15.9 Å². The van der Waals surface area contributed by atoms with Gasteiger partial charge in [-0.3, -0.25) is 9.52 Å². The highest BCUT2D eigenvalue weighted by atomic mass is 35.5. The molecule has 2 N–H and O–H groups in total. The monoisotopic (exact) mass is 552 g/mol. The molecule has 4 aromatic carbocycles. The van der Waals surface area contributed by atoms with Gasteiger partial charge in [0.05, 0.1) is 17.7 Å². The summed E-state index contributed by atoms with van der Waals surface area (Å²) >= 11 is 6.12. The number of rotatable bonds is 10. The summed E-state index contributed by atoms with van der Waals surface area (Å²) in [7, 11) is -2.30. The molecule has 0 bridgehead atoms. The molecule has 0 aliphatic heterocycles. The average molecular weight is 553 g/mol. The molecule has 196 valence electrons. The van der Waals surface area contributed by atoms with Crippen LogP contribution in [0.4, 0.5) is 11.4 Å². The number of aryl methyl sites for hydroxylation is 1. The molecule has 8 nitrogen and oxygen atoms in total. The topological polar surface area (TPSA) is 103 Å². The zero-order valence-electron chi connectivity index (χ0n) is 20.6. The second-order valence-corrected chi connectivity index (χ2v) is 10.3. The van der Waals surface area contributed by atoms with Gasteiger partial charge in [-0.15, -0.1) is 0 Å². The Bertz CT molecular complexity index is 1530. The molecule has 0 fully saturated rings. The van der Waals surface area contributed by atoms with Crippen LogP contribution in [0.5, 0.6) is 23.0 Å². The molecular formula is C28H25ClN2O6S. The van der Waals surface area contributed by atoms with Crippen molar-refractivity contribution in [2.24, 2.45) is 0 Å². The van der Waals surface area contributed by atoms with Crippen molar-refractivity contribution in [3.05, 3.63) is 102 Å². The maximum atomic E-state index is 12.8. The largest absolute Gasteiger partial charge is 0.497 e. The van der Waals surface area contributed by atoms with E-state index in [1.807, 2.05) is 18.2 Å². The molecule has 4 rings (SSSR count). The fraction of sp³-hybridized carbons (Fsp3) is 0.107. The molecule has 1 amide bonds. The second-order valence-electron chi connectivity index (χ2n) is 8.15. The number of halogens is 1. The lowest BCUT2D eigenvalue weighted by molar-refractivity contribution is -0.118. The van der Waals surface area contributed by atoms with E-state index in [2.05, 4.69) is 10.0 Å². The Morgan fingerprint density at radius 2 is 1.58 bits per heavy atom. The number of anilines is 2. The zero-order chi connectivity index (χ0) is 27.1. The number of ether oxygens (including phenoxy) is 3. The van der Waals surface area contributed by atoms with E-state index in [1.165, 1.54) is 25.3 Å². The van der Waals surface area contributed by atoms with Crippen LogP contribution in [0.15, 0.2) is 95.9 Å². The summed E-state index contributed by atoms with van der Waals surface area (Å²) < 4.78 is 44.8. The molecule has 4 aromatic rings. The molecule has 10 heteroatoms. The van der Waals surface area contributed by atoms with Crippen molar-refractivity contribution in [3.8, 4) is 23.0 Å². The number of carbonyl (C=O) groups is 1. The Hall–Kier alpha value is -4.21. The summed E-state index contributed by atoms with van der Waals surface area (Å²) in [6.07, 6.45) is 0. The maximum Gasteiger partial charge on any atom is 0.262 e. The Kier molecular flexibility index (Phi) is 8.40. The van der Waals surface area contributed by atoms with Crippen LogP contribution in [0.25, 0.3) is 0 Å². The molecule has 0 aliphatic rings. The first kappa shape index (κ1) is 26.8. The van der Waals surface area contributed by atoms with E-state index < -0.39 is 15.9 Å². The molecule has 0 atom stereocenters. The van der Waals surface area contributed by atoms with Gasteiger partial charge in [-0.25, -0.2) is 8.42 Å². The fourth-order valence-electron chi connectivity index (χ4n) is 3.46. The molecule has 0 radical (unpaired) electrons. The quantitative estimate of drug-likeness (QED) is 0.240. The SMILES string of the molecule is COc1ccc(NS(=O)(=O)c2ccc(OCC(=O)Nc3cc(Cl)ccc3Oc3ccccc3)c(C)c2)cc1. The van der Waals surface area contributed by atoms with Crippen molar-refractivity contribution in [3.63, 3.8) is 0 Å². The third-order valence-electron chi connectivity index (χ3n) is 5.34. The normalized spacial score (nSPS) is 10.9. The predicted molar refractivity (Wildman–Crippen MR) is 147 cm³/mol. The first-order chi connectivity index (χ1) is 18.2. The molecule has 0 heterocycles. The standard InChI is InChI=1S/C28H25ClN2O6S/c1-19-16-24(38(33,34)31-21-9-11-22(35-2)12-10-21)13-15-26(19)36-18-28(32)30-25-17-20(29)8-14-27(25)37-23-6-4-3-5-7-23/h3-17,31H,18H2,1-2H3,(H,30,32). The lowest BCUT2D eigenvalue weighted by Gasteiger charge is -2.14. The molecule has 0 saturated carbocycles. The summed E-state index contributed by atoms with van der Waals surface area (Å²) in [6.45, 7) is 1.39. The minimum Gasteiger partial charge on any atom is -0.497 e. The van der Waals surface area contributed by atoms with Crippen LogP contribution in [-0.2, 0) is 14.8 Å². The Morgan fingerprint density at radius 3 is 2.26 bits per heavy atom. The second kappa shape index (κ2) is 11.9. The molecule has 0 aliphatic carbocycles. The van der Waals surface area contributed by atoms with Crippen molar-refractivity contribution in [1.82, 2.24) is 0 Å². The summed E-state index contributed by atoms with van der Waals surface area (Å²) in [5, 5.41) is 3.17. The third-order valence-corrected chi connectivity index (χ3v) is 6.96. The van der Waals surface area contributed by atoms with Crippen molar-refractivity contribution in [2.75, 3.05) is 23.8 Å². The van der Waals surface area contributed by atoms with Gasteiger partial charge in [0, 0.05) is 10.7 Å². The minimum atomic E-state index is -3.83. The Morgan fingerprint density at radius 1 is 0.868 bits per heavy atom. The van der Waals surface area contributed by atoms with Gasteiger partial charge in [-0.2, -0.15) is 0 Å². The highest BCUT2D eigenvalue weighted by Gasteiger charge is 2.17. The number of hydrogen-bond donors (Lipinski definition) is 2. The number of sulfonamides is 1. The van der Waals surface area contributed by atoms with Crippen molar-refractivity contribution in [1.29, 1.82) is 0 Å². The van der Waals surface area contributed by atoms with Gasteiger partial charge in [0.1, 0.15) is 17.2 Å². The van der Waals surface area contributed by atoms with E-state index in [9.17, 15) is 13.2 Å². The average Bonchev–Trinajstić information content (AvgIpc) is 2.90. The van der Waals surface area contributed by atoms with E-state index in [-0.39, 0.29) is 11.5 Å². The summed E-state index contributed by atoms with van der Waals surface area (Å²) in [6, 6.07) is 25.0. The maximum absolute atomic E-state index is 12.8. The Labute approximate surface area is 226 Å². The van der Waals surface area contributed by atoms with Gasteiger partial charge in [-0.05, 0) is 85.3 Å². The predicted octanol–water partition coefficient (Wildman–Crippen LogP) is 6.27. The number of para-hydroxylation sites is 1. The minimum absolute atomic E-state index is 0.0595. The molecule has 38 heavy (non-hydrogen) atoms.